The molecule has 6 nitrogen and oxygen atoms in total. The van der Waals surface area contributed by atoms with Crippen LogP contribution in [0, 0.1) is 0 Å². The van der Waals surface area contributed by atoms with Crippen LogP contribution in [0.5, 0.6) is 5.75 Å². The van der Waals surface area contributed by atoms with E-state index in [1.165, 1.54) is 5.56 Å². The van der Waals surface area contributed by atoms with Gasteiger partial charge in [0, 0.05) is 37.7 Å². The van der Waals surface area contributed by atoms with Crippen LogP contribution >= 0.6 is 11.6 Å². The minimum Gasteiger partial charge on any atom is -0.489 e. The summed E-state index contributed by atoms with van der Waals surface area (Å²) >= 11 is 5.96. The molecule has 0 aromatic heterocycles. The maximum Gasteiger partial charge on any atom is 0.254 e. The molecule has 1 amide bonds. The predicted molar refractivity (Wildman–Crippen MR) is 136 cm³/mol. The zero-order valence-corrected chi connectivity index (χ0v) is 19.8. The van der Waals surface area contributed by atoms with Gasteiger partial charge in [0.1, 0.15) is 12.4 Å². The topological polar surface area (TPSA) is 57.2 Å². The molecule has 1 fully saturated rings. The molecule has 1 saturated heterocycles. The number of rotatable bonds is 9. The molecule has 7 heteroatoms. The summed E-state index contributed by atoms with van der Waals surface area (Å²) in [5.41, 5.74) is 5.86. The maximum absolute atomic E-state index is 12.3. The van der Waals surface area contributed by atoms with Crippen LogP contribution in [0.25, 0.3) is 0 Å². The van der Waals surface area contributed by atoms with E-state index in [1.54, 1.807) is 6.21 Å². The molecule has 0 spiro atoms. The molecule has 4 rings (SSSR count). The number of hydrogen-bond acceptors (Lipinski definition) is 5. The van der Waals surface area contributed by atoms with Crippen LogP contribution < -0.4 is 10.2 Å². The van der Waals surface area contributed by atoms with Crippen molar-refractivity contribution < 1.29 is 9.53 Å². The normalized spacial score (nSPS) is 14.9. The van der Waals surface area contributed by atoms with Crippen molar-refractivity contribution in [3.63, 3.8) is 0 Å². The zero-order valence-electron chi connectivity index (χ0n) is 19.1. The number of amides is 1. The molecule has 0 bridgehead atoms. The Morgan fingerprint density at radius 1 is 0.912 bits per heavy atom. The van der Waals surface area contributed by atoms with Crippen molar-refractivity contribution in [3.8, 4) is 5.75 Å². The lowest BCUT2D eigenvalue weighted by molar-refractivity contribution is -0.122. The van der Waals surface area contributed by atoms with E-state index in [2.05, 4.69) is 32.5 Å². The van der Waals surface area contributed by atoms with Crippen LogP contribution in [-0.4, -0.2) is 54.6 Å². The lowest BCUT2D eigenvalue weighted by Crippen LogP contribution is -2.48. The van der Waals surface area contributed by atoms with Gasteiger partial charge in [-0.05, 0) is 41.0 Å². The molecule has 0 unspecified atom stereocenters. The fourth-order valence-electron chi connectivity index (χ4n) is 3.80. The number of hydrazone groups is 1. The molecule has 176 valence electrons. The van der Waals surface area contributed by atoms with Gasteiger partial charge in [-0.1, -0.05) is 66.2 Å². The van der Waals surface area contributed by atoms with Gasteiger partial charge in [0.25, 0.3) is 5.91 Å². The minimum absolute atomic E-state index is 0.112. The predicted octanol–water partition coefficient (Wildman–Crippen LogP) is 4.19. The van der Waals surface area contributed by atoms with E-state index < -0.39 is 0 Å². The highest BCUT2D eigenvalue weighted by Gasteiger charge is 2.18. The number of ether oxygens (including phenoxy) is 1. The Kier molecular flexibility index (Phi) is 8.68. The fourth-order valence-corrected chi connectivity index (χ4v) is 3.92. The van der Waals surface area contributed by atoms with Gasteiger partial charge >= 0.3 is 0 Å². The average molecular weight is 477 g/mol. The third kappa shape index (κ3) is 7.70. The first-order chi connectivity index (χ1) is 16.6. The molecule has 0 radical (unpaired) electrons. The van der Waals surface area contributed by atoms with Crippen molar-refractivity contribution >= 4 is 23.7 Å². The molecule has 0 saturated carbocycles. The van der Waals surface area contributed by atoms with E-state index in [0.29, 0.717) is 13.2 Å². The lowest BCUT2D eigenvalue weighted by atomic mass is 10.2. The molecule has 0 atom stereocenters. The van der Waals surface area contributed by atoms with Gasteiger partial charge < -0.3 is 4.74 Å². The van der Waals surface area contributed by atoms with Gasteiger partial charge in [0.05, 0.1) is 12.8 Å². The molecule has 1 N–H and O–H groups in total. The van der Waals surface area contributed by atoms with Crippen LogP contribution in [0.3, 0.4) is 0 Å². The van der Waals surface area contributed by atoms with Gasteiger partial charge in [-0.3, -0.25) is 14.6 Å². The lowest BCUT2D eigenvalue weighted by Gasteiger charge is -2.34. The van der Waals surface area contributed by atoms with E-state index in [4.69, 9.17) is 16.3 Å². The van der Waals surface area contributed by atoms with Crippen LogP contribution in [-0.2, 0) is 17.9 Å². The molecule has 3 aromatic rings. The highest BCUT2D eigenvalue weighted by atomic mass is 35.5. The second-order valence-electron chi connectivity index (χ2n) is 8.32. The Morgan fingerprint density at radius 3 is 2.41 bits per heavy atom. The van der Waals surface area contributed by atoms with E-state index in [1.807, 2.05) is 66.7 Å². The summed E-state index contributed by atoms with van der Waals surface area (Å²) in [7, 11) is 0. The van der Waals surface area contributed by atoms with Crippen molar-refractivity contribution in [3.05, 3.63) is 101 Å². The Labute approximate surface area is 205 Å². The summed E-state index contributed by atoms with van der Waals surface area (Å²) in [6.45, 7) is 5.30. The van der Waals surface area contributed by atoms with Crippen LogP contribution in [0.2, 0.25) is 5.02 Å². The molecule has 3 aromatic carbocycles. The summed E-state index contributed by atoms with van der Waals surface area (Å²) in [6.07, 6.45) is 1.64. The van der Waals surface area contributed by atoms with E-state index in [-0.39, 0.29) is 5.91 Å². The van der Waals surface area contributed by atoms with Gasteiger partial charge in [-0.15, -0.1) is 0 Å². The first-order valence-corrected chi connectivity index (χ1v) is 11.8. The number of carbonyl (C=O) groups is 1. The Morgan fingerprint density at radius 2 is 1.65 bits per heavy atom. The Bertz CT molecular complexity index is 1080. The van der Waals surface area contributed by atoms with Crippen LogP contribution in [0.1, 0.15) is 16.7 Å². The Balaban J connectivity index is 1.17. The third-order valence-corrected chi connectivity index (χ3v) is 5.91. The number of carbonyl (C=O) groups excluding carboxylic acids is 1. The molecular weight excluding hydrogens is 448 g/mol. The van der Waals surface area contributed by atoms with Crippen molar-refractivity contribution in [1.82, 2.24) is 15.2 Å². The molecular formula is C27H29ClN4O2. The summed E-state index contributed by atoms with van der Waals surface area (Å²) in [4.78, 5) is 16.9. The molecule has 1 aliphatic rings. The number of nitrogens with zero attached hydrogens (tertiary/aromatic N) is 3. The van der Waals surface area contributed by atoms with Gasteiger partial charge in [-0.25, -0.2) is 5.43 Å². The smallest absolute Gasteiger partial charge is 0.254 e. The average Bonchev–Trinajstić information content (AvgIpc) is 2.86. The largest absolute Gasteiger partial charge is 0.489 e. The monoisotopic (exact) mass is 476 g/mol. The highest BCUT2D eigenvalue weighted by molar-refractivity contribution is 6.30. The summed E-state index contributed by atoms with van der Waals surface area (Å²) in [6, 6.07) is 25.6. The highest BCUT2D eigenvalue weighted by Crippen LogP contribution is 2.15. The quantitative estimate of drug-likeness (QED) is 0.371. The van der Waals surface area contributed by atoms with Crippen molar-refractivity contribution in [2.75, 3.05) is 32.7 Å². The molecule has 1 heterocycles. The van der Waals surface area contributed by atoms with Crippen molar-refractivity contribution in [2.24, 2.45) is 5.10 Å². The Hall–Kier alpha value is -3.19. The first kappa shape index (κ1) is 24.0. The number of halogens is 1. The van der Waals surface area contributed by atoms with Gasteiger partial charge in [-0.2, -0.15) is 5.10 Å². The van der Waals surface area contributed by atoms with Crippen molar-refractivity contribution in [2.45, 2.75) is 13.2 Å². The number of nitrogens with one attached hydrogen (secondary N) is 1. The van der Waals surface area contributed by atoms with Crippen molar-refractivity contribution in [1.29, 1.82) is 0 Å². The number of hydrogen-bond donors (Lipinski definition) is 1. The summed E-state index contributed by atoms with van der Waals surface area (Å²) in [5, 5.41) is 4.87. The van der Waals surface area contributed by atoms with E-state index >= 15 is 0 Å². The van der Waals surface area contributed by atoms with Crippen LogP contribution in [0.15, 0.2) is 84.0 Å². The van der Waals surface area contributed by atoms with E-state index in [0.717, 1.165) is 54.6 Å². The van der Waals surface area contributed by atoms with Gasteiger partial charge in [0.15, 0.2) is 0 Å². The molecule has 34 heavy (non-hydrogen) atoms. The number of benzene rings is 3. The van der Waals surface area contributed by atoms with Crippen LogP contribution in [0.4, 0.5) is 0 Å². The molecule has 0 aliphatic carbocycles. The zero-order chi connectivity index (χ0) is 23.6. The number of piperazine rings is 1. The second kappa shape index (κ2) is 12.3. The van der Waals surface area contributed by atoms with Gasteiger partial charge in [0.2, 0.25) is 0 Å². The summed E-state index contributed by atoms with van der Waals surface area (Å²) < 4.78 is 5.85. The standard InChI is InChI=1S/C27H29ClN4O2/c28-25-11-9-22(10-12-25)19-31-13-15-32(16-14-31)20-27(33)30-29-18-24-7-4-8-26(17-24)34-21-23-5-2-1-3-6-23/h1-12,17-18H,13-16,19-21H2,(H,30,33)/b29-18-. The fraction of sp³-hybridized carbons (Fsp3) is 0.259. The second-order valence-corrected chi connectivity index (χ2v) is 8.76. The SMILES string of the molecule is O=C(CN1CCN(Cc2ccc(Cl)cc2)CC1)N/N=C\c1cccc(OCc2ccccc2)c1. The van der Waals surface area contributed by atoms with E-state index in [9.17, 15) is 4.79 Å². The first-order valence-electron chi connectivity index (χ1n) is 11.4. The molecule has 1 aliphatic heterocycles. The third-order valence-electron chi connectivity index (χ3n) is 5.66. The minimum atomic E-state index is -0.112. The summed E-state index contributed by atoms with van der Waals surface area (Å²) in [5.74, 6) is 0.648. The maximum atomic E-state index is 12.3.